The van der Waals surface area contributed by atoms with E-state index in [1.807, 2.05) is 5.57 Å². The zero-order valence-electron chi connectivity index (χ0n) is 36.5. The maximum Gasteiger partial charge on any atom is 0.306 e. The van der Waals surface area contributed by atoms with Gasteiger partial charge in [0.25, 0.3) is 0 Å². The maximum absolute atomic E-state index is 13.2. The Morgan fingerprint density at radius 3 is 1.75 bits per heavy atom. The van der Waals surface area contributed by atoms with E-state index in [1.165, 1.54) is 161 Å². The molecular formula is C50H88O2. The Balaban J connectivity index is 1.03. The van der Waals surface area contributed by atoms with Crippen LogP contribution in [0.15, 0.2) is 11.6 Å². The molecule has 0 bridgehead atoms. The van der Waals surface area contributed by atoms with Gasteiger partial charge < -0.3 is 4.74 Å². The van der Waals surface area contributed by atoms with E-state index >= 15 is 0 Å². The topological polar surface area (TPSA) is 26.3 Å². The smallest absolute Gasteiger partial charge is 0.306 e. The second kappa shape index (κ2) is 17.6. The molecule has 2 heteroatoms. The van der Waals surface area contributed by atoms with Crippen LogP contribution in [0.4, 0.5) is 0 Å². The first-order valence-electron chi connectivity index (χ1n) is 23.5. The van der Waals surface area contributed by atoms with Crippen LogP contribution >= 0.6 is 0 Å². The lowest BCUT2D eigenvalue weighted by Crippen LogP contribution is -2.64. The molecule has 8 atom stereocenters. The van der Waals surface area contributed by atoms with E-state index in [0.29, 0.717) is 39.4 Å². The molecule has 5 rings (SSSR count). The molecule has 0 heterocycles. The van der Waals surface area contributed by atoms with Crippen LogP contribution in [-0.4, -0.2) is 12.1 Å². The monoisotopic (exact) mass is 721 g/mol. The Labute approximate surface area is 324 Å². The largest absolute Gasteiger partial charge is 0.462 e. The molecular weight excluding hydrogens is 633 g/mol. The van der Waals surface area contributed by atoms with Crippen molar-refractivity contribution < 1.29 is 9.53 Å². The van der Waals surface area contributed by atoms with Crippen molar-refractivity contribution in [2.24, 2.45) is 50.2 Å². The zero-order valence-corrected chi connectivity index (χ0v) is 36.5. The number of ether oxygens (including phenoxy) is 1. The number of esters is 1. The second-order valence-corrected chi connectivity index (χ2v) is 22.1. The van der Waals surface area contributed by atoms with Gasteiger partial charge >= 0.3 is 5.97 Å². The molecule has 5 aliphatic rings. The zero-order chi connectivity index (χ0) is 37.7. The van der Waals surface area contributed by atoms with Crippen molar-refractivity contribution in [3.63, 3.8) is 0 Å². The van der Waals surface area contributed by atoms with E-state index < -0.39 is 0 Å². The molecule has 0 aromatic rings. The number of carbonyl (C=O) groups excluding carboxylic acids is 1. The van der Waals surface area contributed by atoms with E-state index in [0.717, 1.165) is 24.7 Å². The van der Waals surface area contributed by atoms with Gasteiger partial charge in [-0.05, 0) is 115 Å². The number of allylic oxidation sites excluding steroid dienone is 2. The van der Waals surface area contributed by atoms with Crippen molar-refractivity contribution in [3.8, 4) is 0 Å². The minimum absolute atomic E-state index is 0.0294. The van der Waals surface area contributed by atoms with Crippen LogP contribution in [0.1, 0.15) is 242 Å². The van der Waals surface area contributed by atoms with E-state index in [9.17, 15) is 4.79 Å². The van der Waals surface area contributed by atoms with Gasteiger partial charge in [-0.1, -0.05) is 177 Å². The molecule has 4 saturated carbocycles. The van der Waals surface area contributed by atoms with Gasteiger partial charge in [-0.2, -0.15) is 0 Å². The number of unbranched alkanes of at least 4 members (excludes halogenated alkanes) is 16. The molecule has 4 fully saturated rings. The highest BCUT2D eigenvalue weighted by Crippen LogP contribution is 2.75. The van der Waals surface area contributed by atoms with Crippen molar-refractivity contribution in [2.45, 2.75) is 248 Å². The van der Waals surface area contributed by atoms with Gasteiger partial charge in [-0.15, -0.1) is 0 Å². The van der Waals surface area contributed by atoms with Crippen LogP contribution < -0.4 is 0 Å². The molecule has 52 heavy (non-hydrogen) atoms. The van der Waals surface area contributed by atoms with Gasteiger partial charge in [0.15, 0.2) is 0 Å². The minimum Gasteiger partial charge on any atom is -0.462 e. The van der Waals surface area contributed by atoms with Crippen LogP contribution in [-0.2, 0) is 9.53 Å². The van der Waals surface area contributed by atoms with Crippen molar-refractivity contribution in [2.75, 3.05) is 0 Å². The second-order valence-electron chi connectivity index (χ2n) is 22.1. The SMILES string of the molecule is CCCCCCCCCCCCCCCCCCCC(=O)OC1CCC2(C)C(CCC3(C)C2CC=C2C4CC(C)(C)CCC4(C)CCC23C)C1(C)C. The molecule has 0 aromatic carbocycles. The summed E-state index contributed by atoms with van der Waals surface area (Å²) in [7, 11) is 0. The quantitative estimate of drug-likeness (QED) is 0.0754. The fourth-order valence-corrected chi connectivity index (χ4v) is 13.9. The molecule has 0 aliphatic heterocycles. The third-order valence-corrected chi connectivity index (χ3v) is 17.8. The number of hydrogen-bond acceptors (Lipinski definition) is 2. The molecule has 0 aromatic heterocycles. The lowest BCUT2D eigenvalue weighted by atomic mass is 9.33. The third-order valence-electron chi connectivity index (χ3n) is 17.8. The number of hydrogen-bond donors (Lipinski definition) is 0. The first-order valence-corrected chi connectivity index (χ1v) is 23.5. The lowest BCUT2D eigenvalue weighted by molar-refractivity contribution is -0.212. The average molecular weight is 721 g/mol. The van der Waals surface area contributed by atoms with Crippen molar-refractivity contribution >= 4 is 5.97 Å². The van der Waals surface area contributed by atoms with E-state index in [4.69, 9.17) is 4.74 Å². The molecule has 0 radical (unpaired) electrons. The summed E-state index contributed by atoms with van der Waals surface area (Å²) in [4.78, 5) is 13.2. The van der Waals surface area contributed by atoms with Gasteiger partial charge in [-0.25, -0.2) is 0 Å². The normalized spacial score (nSPS) is 37.6. The van der Waals surface area contributed by atoms with Crippen molar-refractivity contribution in [1.29, 1.82) is 0 Å². The minimum atomic E-state index is 0.0294. The van der Waals surface area contributed by atoms with E-state index in [2.05, 4.69) is 68.4 Å². The van der Waals surface area contributed by atoms with Crippen molar-refractivity contribution in [3.05, 3.63) is 11.6 Å². The van der Waals surface area contributed by atoms with Gasteiger partial charge in [-0.3, -0.25) is 4.79 Å². The Hall–Kier alpha value is -0.790. The molecule has 2 nitrogen and oxygen atoms in total. The summed E-state index contributed by atoms with van der Waals surface area (Å²) >= 11 is 0. The summed E-state index contributed by atoms with van der Waals surface area (Å²) in [5, 5.41) is 0. The van der Waals surface area contributed by atoms with Crippen LogP contribution in [0.2, 0.25) is 0 Å². The van der Waals surface area contributed by atoms with Crippen molar-refractivity contribution in [1.82, 2.24) is 0 Å². The number of carbonyl (C=O) groups is 1. The lowest BCUT2D eigenvalue weighted by Gasteiger charge is -2.71. The summed E-state index contributed by atoms with van der Waals surface area (Å²) in [5.74, 6) is 2.18. The summed E-state index contributed by atoms with van der Waals surface area (Å²) in [6.45, 7) is 23.1. The van der Waals surface area contributed by atoms with Gasteiger partial charge in [0.1, 0.15) is 6.10 Å². The number of fused-ring (bicyclic) bond motifs is 7. The van der Waals surface area contributed by atoms with Gasteiger partial charge in [0.05, 0.1) is 0 Å². The van der Waals surface area contributed by atoms with Crippen LogP contribution in [0, 0.1) is 50.2 Å². The molecule has 8 unspecified atom stereocenters. The molecule has 0 saturated heterocycles. The Bertz CT molecular complexity index is 1180. The fourth-order valence-electron chi connectivity index (χ4n) is 13.9. The average Bonchev–Trinajstić information content (AvgIpc) is 3.08. The fraction of sp³-hybridized carbons (Fsp3) is 0.940. The Morgan fingerprint density at radius 1 is 0.635 bits per heavy atom. The Kier molecular flexibility index (Phi) is 14.3. The van der Waals surface area contributed by atoms with Gasteiger partial charge in [0, 0.05) is 11.8 Å². The summed E-state index contributed by atoms with van der Waals surface area (Å²) in [6, 6.07) is 0. The van der Waals surface area contributed by atoms with E-state index in [-0.39, 0.29) is 17.5 Å². The predicted molar refractivity (Wildman–Crippen MR) is 223 cm³/mol. The Morgan fingerprint density at radius 2 is 1.17 bits per heavy atom. The van der Waals surface area contributed by atoms with E-state index in [1.54, 1.807) is 0 Å². The number of rotatable bonds is 19. The predicted octanol–water partition coefficient (Wildman–Crippen LogP) is 15.8. The summed E-state index contributed by atoms with van der Waals surface area (Å²) in [6.07, 6.45) is 39.9. The highest BCUT2D eigenvalue weighted by molar-refractivity contribution is 5.69. The third kappa shape index (κ3) is 8.92. The molecule has 0 N–H and O–H groups in total. The molecule has 0 spiro atoms. The molecule has 300 valence electrons. The highest BCUT2D eigenvalue weighted by Gasteiger charge is 2.68. The molecule has 0 amide bonds. The first kappa shape index (κ1) is 42.4. The summed E-state index contributed by atoms with van der Waals surface area (Å²) in [5.41, 5.74) is 3.87. The highest BCUT2D eigenvalue weighted by atomic mass is 16.5. The van der Waals surface area contributed by atoms with Crippen LogP contribution in [0.3, 0.4) is 0 Å². The standard InChI is InChI=1S/C50H88O2/c1-10-11-12-13-14-15-16-17-18-19-20-21-22-23-24-25-26-27-44(51)52-43-31-32-48(7)41(46(43,4)5)30-33-50(9)42(48)29-28-39-40-38-45(2,3)34-35-47(40,6)36-37-49(39,50)8/h28,40-43H,10-27,29-38H2,1-9H3. The van der Waals surface area contributed by atoms with Crippen LogP contribution in [0.25, 0.3) is 0 Å². The molecule has 5 aliphatic carbocycles. The summed E-state index contributed by atoms with van der Waals surface area (Å²) < 4.78 is 6.44. The van der Waals surface area contributed by atoms with Gasteiger partial charge in [0.2, 0.25) is 0 Å². The first-order chi connectivity index (χ1) is 24.6. The maximum atomic E-state index is 13.2. The van der Waals surface area contributed by atoms with Crippen LogP contribution in [0.5, 0.6) is 0 Å².